The van der Waals surface area contributed by atoms with Crippen molar-refractivity contribution >= 4 is 5.82 Å². The molecule has 2 rings (SSSR count). The van der Waals surface area contributed by atoms with E-state index in [1.807, 2.05) is 6.20 Å². The predicted octanol–water partition coefficient (Wildman–Crippen LogP) is 2.20. The Bertz CT molecular complexity index is 367. The van der Waals surface area contributed by atoms with E-state index in [0.717, 1.165) is 25.3 Å². The summed E-state index contributed by atoms with van der Waals surface area (Å²) >= 11 is 0. The first-order chi connectivity index (χ1) is 8.00. The van der Waals surface area contributed by atoms with Gasteiger partial charge in [0.1, 0.15) is 5.82 Å². The standard InChI is InChI=1S/C14H22N2O/c1-14(2,3)12-4-5-13(15-8-12)16-7-6-11(9-16)10-17/h4-5,8,11,17H,6-7,9-10H2,1-3H3. The molecule has 1 unspecified atom stereocenters. The van der Waals surface area contributed by atoms with Gasteiger partial charge >= 0.3 is 0 Å². The molecule has 1 fully saturated rings. The molecule has 0 spiro atoms. The van der Waals surface area contributed by atoms with Crippen molar-refractivity contribution in [3.05, 3.63) is 23.9 Å². The van der Waals surface area contributed by atoms with E-state index >= 15 is 0 Å². The Hall–Kier alpha value is -1.09. The lowest BCUT2D eigenvalue weighted by molar-refractivity contribution is 0.238. The van der Waals surface area contributed by atoms with Gasteiger partial charge in [-0.15, -0.1) is 0 Å². The van der Waals surface area contributed by atoms with E-state index in [1.165, 1.54) is 5.56 Å². The van der Waals surface area contributed by atoms with Gasteiger partial charge in [-0.3, -0.25) is 0 Å². The molecule has 94 valence electrons. The van der Waals surface area contributed by atoms with Gasteiger partial charge < -0.3 is 10.0 Å². The fraction of sp³-hybridized carbons (Fsp3) is 0.643. The van der Waals surface area contributed by atoms with Crippen LogP contribution in [-0.4, -0.2) is 29.8 Å². The first-order valence-electron chi connectivity index (χ1n) is 6.33. The molecule has 1 atom stereocenters. The van der Waals surface area contributed by atoms with Crippen LogP contribution in [0.4, 0.5) is 5.82 Å². The fourth-order valence-electron chi connectivity index (χ4n) is 2.21. The Balaban J connectivity index is 2.09. The molecular weight excluding hydrogens is 212 g/mol. The minimum Gasteiger partial charge on any atom is -0.396 e. The Kier molecular flexibility index (Phi) is 3.38. The molecule has 2 heterocycles. The van der Waals surface area contributed by atoms with E-state index in [2.05, 4.69) is 42.8 Å². The second kappa shape index (κ2) is 4.65. The van der Waals surface area contributed by atoms with Crippen LogP contribution < -0.4 is 4.90 Å². The van der Waals surface area contributed by atoms with Gasteiger partial charge in [-0.25, -0.2) is 4.98 Å². The van der Waals surface area contributed by atoms with Crippen molar-refractivity contribution in [1.29, 1.82) is 0 Å². The van der Waals surface area contributed by atoms with Crippen LogP contribution in [0, 0.1) is 5.92 Å². The zero-order valence-corrected chi connectivity index (χ0v) is 11.0. The van der Waals surface area contributed by atoms with E-state index < -0.39 is 0 Å². The van der Waals surface area contributed by atoms with Crippen LogP contribution in [0.1, 0.15) is 32.8 Å². The second-order valence-corrected chi connectivity index (χ2v) is 5.94. The highest BCUT2D eigenvalue weighted by molar-refractivity contribution is 5.41. The first-order valence-corrected chi connectivity index (χ1v) is 6.33. The molecular formula is C14H22N2O. The molecule has 1 aliphatic rings. The molecule has 1 N–H and O–H groups in total. The average Bonchev–Trinajstić information content (AvgIpc) is 2.76. The molecule has 0 radical (unpaired) electrons. The molecule has 3 heteroatoms. The van der Waals surface area contributed by atoms with Gasteiger partial charge in [0.15, 0.2) is 0 Å². The maximum Gasteiger partial charge on any atom is 0.128 e. The quantitative estimate of drug-likeness (QED) is 0.852. The van der Waals surface area contributed by atoms with Crippen molar-refractivity contribution in [3.63, 3.8) is 0 Å². The van der Waals surface area contributed by atoms with Gasteiger partial charge in [0.25, 0.3) is 0 Å². The lowest BCUT2D eigenvalue weighted by atomic mass is 9.88. The number of aromatic nitrogens is 1. The third kappa shape index (κ3) is 2.78. The van der Waals surface area contributed by atoms with E-state index in [-0.39, 0.29) is 12.0 Å². The number of hydrogen-bond acceptors (Lipinski definition) is 3. The van der Waals surface area contributed by atoms with Crippen molar-refractivity contribution in [2.45, 2.75) is 32.6 Å². The highest BCUT2D eigenvalue weighted by atomic mass is 16.3. The number of pyridine rings is 1. The van der Waals surface area contributed by atoms with E-state index in [1.54, 1.807) is 0 Å². The summed E-state index contributed by atoms with van der Waals surface area (Å²) in [4.78, 5) is 6.80. The fourth-order valence-corrected chi connectivity index (χ4v) is 2.21. The number of nitrogens with zero attached hydrogens (tertiary/aromatic N) is 2. The van der Waals surface area contributed by atoms with Crippen LogP contribution in [0.2, 0.25) is 0 Å². The Morgan fingerprint density at radius 2 is 2.18 bits per heavy atom. The van der Waals surface area contributed by atoms with E-state index in [0.29, 0.717) is 5.92 Å². The summed E-state index contributed by atoms with van der Waals surface area (Å²) in [6, 6.07) is 4.26. The lowest BCUT2D eigenvalue weighted by Crippen LogP contribution is -2.22. The minimum absolute atomic E-state index is 0.157. The Labute approximate surface area is 103 Å². The van der Waals surface area contributed by atoms with Crippen LogP contribution in [0.3, 0.4) is 0 Å². The minimum atomic E-state index is 0.157. The number of aliphatic hydroxyl groups is 1. The maximum absolute atomic E-state index is 9.13. The molecule has 0 saturated carbocycles. The van der Waals surface area contributed by atoms with E-state index in [9.17, 15) is 0 Å². The molecule has 17 heavy (non-hydrogen) atoms. The second-order valence-electron chi connectivity index (χ2n) is 5.94. The molecule has 0 bridgehead atoms. The van der Waals surface area contributed by atoms with Crippen molar-refractivity contribution in [1.82, 2.24) is 4.98 Å². The summed E-state index contributed by atoms with van der Waals surface area (Å²) in [5, 5.41) is 9.13. The normalized spacial score (nSPS) is 20.9. The lowest BCUT2D eigenvalue weighted by Gasteiger charge is -2.21. The smallest absolute Gasteiger partial charge is 0.128 e. The summed E-state index contributed by atoms with van der Waals surface area (Å²) in [6.07, 6.45) is 3.04. The summed E-state index contributed by atoms with van der Waals surface area (Å²) < 4.78 is 0. The van der Waals surface area contributed by atoms with Gasteiger partial charge in [-0.05, 0) is 23.5 Å². The highest BCUT2D eigenvalue weighted by Crippen LogP contribution is 2.25. The first kappa shape index (κ1) is 12.4. The Morgan fingerprint density at radius 1 is 1.41 bits per heavy atom. The van der Waals surface area contributed by atoms with Crippen LogP contribution in [0.15, 0.2) is 18.3 Å². The summed E-state index contributed by atoms with van der Waals surface area (Å²) in [7, 11) is 0. The predicted molar refractivity (Wildman–Crippen MR) is 70.3 cm³/mol. The molecule has 3 nitrogen and oxygen atoms in total. The highest BCUT2D eigenvalue weighted by Gasteiger charge is 2.23. The molecule has 0 amide bonds. The summed E-state index contributed by atoms with van der Waals surface area (Å²) in [5.74, 6) is 1.45. The topological polar surface area (TPSA) is 36.4 Å². The number of hydrogen-bond donors (Lipinski definition) is 1. The monoisotopic (exact) mass is 234 g/mol. The molecule has 1 aromatic heterocycles. The van der Waals surface area contributed by atoms with Crippen LogP contribution in [-0.2, 0) is 5.41 Å². The average molecular weight is 234 g/mol. The number of anilines is 1. The number of aliphatic hydroxyl groups excluding tert-OH is 1. The zero-order valence-electron chi connectivity index (χ0n) is 11.0. The van der Waals surface area contributed by atoms with E-state index in [4.69, 9.17) is 5.11 Å². The van der Waals surface area contributed by atoms with Crippen molar-refractivity contribution in [2.24, 2.45) is 5.92 Å². The molecule has 1 aliphatic heterocycles. The largest absolute Gasteiger partial charge is 0.396 e. The third-order valence-electron chi connectivity index (χ3n) is 3.48. The third-order valence-corrected chi connectivity index (χ3v) is 3.48. The van der Waals surface area contributed by atoms with Crippen LogP contribution in [0.5, 0.6) is 0 Å². The molecule has 1 aromatic rings. The molecule has 0 aromatic carbocycles. The number of rotatable bonds is 2. The summed E-state index contributed by atoms with van der Waals surface area (Å²) in [5.41, 5.74) is 1.42. The zero-order chi connectivity index (χ0) is 12.5. The van der Waals surface area contributed by atoms with Gasteiger partial charge in [-0.2, -0.15) is 0 Å². The van der Waals surface area contributed by atoms with Gasteiger partial charge in [0.2, 0.25) is 0 Å². The Morgan fingerprint density at radius 3 is 2.65 bits per heavy atom. The van der Waals surface area contributed by atoms with Crippen LogP contribution in [0.25, 0.3) is 0 Å². The van der Waals surface area contributed by atoms with Gasteiger partial charge in [0, 0.05) is 31.8 Å². The van der Waals surface area contributed by atoms with Crippen LogP contribution >= 0.6 is 0 Å². The maximum atomic E-state index is 9.13. The van der Waals surface area contributed by atoms with Crippen molar-refractivity contribution in [2.75, 3.05) is 24.6 Å². The summed E-state index contributed by atoms with van der Waals surface area (Å²) in [6.45, 7) is 8.81. The van der Waals surface area contributed by atoms with Gasteiger partial charge in [0.05, 0.1) is 0 Å². The van der Waals surface area contributed by atoms with Crippen molar-refractivity contribution < 1.29 is 5.11 Å². The SMILES string of the molecule is CC(C)(C)c1ccc(N2CCC(CO)C2)nc1. The molecule has 0 aliphatic carbocycles. The van der Waals surface area contributed by atoms with Crippen molar-refractivity contribution in [3.8, 4) is 0 Å². The van der Waals surface area contributed by atoms with Gasteiger partial charge in [-0.1, -0.05) is 26.8 Å². The molecule has 1 saturated heterocycles.